The van der Waals surface area contributed by atoms with Crippen LogP contribution in [-0.4, -0.2) is 47.5 Å². The van der Waals surface area contributed by atoms with Crippen LogP contribution in [0.4, 0.5) is 0 Å². The van der Waals surface area contributed by atoms with Crippen LogP contribution in [0.2, 0.25) is 0 Å². The number of benzene rings is 2. The Labute approximate surface area is 150 Å². The molecule has 0 aromatic heterocycles. The Balaban J connectivity index is 1.93. The summed E-state index contributed by atoms with van der Waals surface area (Å²) in [7, 11) is 0. The van der Waals surface area contributed by atoms with Crippen LogP contribution in [0.25, 0.3) is 0 Å². The third-order valence-electron chi connectivity index (χ3n) is 4.43. The summed E-state index contributed by atoms with van der Waals surface area (Å²) in [4.78, 5) is 2.04. The van der Waals surface area contributed by atoms with Gasteiger partial charge in [0, 0.05) is 19.6 Å². The number of aliphatic hydroxyl groups is 2. The van der Waals surface area contributed by atoms with E-state index in [4.69, 9.17) is 4.74 Å². The smallest absolute Gasteiger partial charge is 0.125 e. The SMILES string of the molecule is Cc1ccc(C)c(OCC(O)CN(CCO)Cc2ccccc2)c1C. The summed E-state index contributed by atoms with van der Waals surface area (Å²) in [5, 5.41) is 19.7. The topological polar surface area (TPSA) is 52.9 Å². The maximum absolute atomic E-state index is 10.4. The molecule has 0 saturated carbocycles. The van der Waals surface area contributed by atoms with E-state index in [0.717, 1.165) is 22.4 Å². The first-order valence-electron chi connectivity index (χ1n) is 8.76. The second-order valence-corrected chi connectivity index (χ2v) is 6.56. The van der Waals surface area contributed by atoms with Crippen molar-refractivity contribution in [1.29, 1.82) is 0 Å². The highest BCUT2D eigenvalue weighted by Gasteiger charge is 2.14. The average Bonchev–Trinajstić information content (AvgIpc) is 2.59. The predicted octanol–water partition coefficient (Wildman–Crippen LogP) is 2.85. The van der Waals surface area contributed by atoms with Gasteiger partial charge in [0.2, 0.25) is 0 Å². The standard InChI is InChI=1S/C21H29NO3/c1-16-9-10-17(2)21(18(16)3)25-15-20(24)14-22(11-12-23)13-19-7-5-4-6-8-19/h4-10,20,23-24H,11-15H2,1-3H3. The van der Waals surface area contributed by atoms with Crippen molar-refractivity contribution >= 4 is 0 Å². The molecule has 1 atom stereocenters. The first-order chi connectivity index (χ1) is 12.0. The lowest BCUT2D eigenvalue weighted by atomic mass is 10.1. The molecule has 0 saturated heterocycles. The quantitative estimate of drug-likeness (QED) is 0.735. The zero-order valence-corrected chi connectivity index (χ0v) is 15.4. The molecule has 0 aliphatic rings. The van der Waals surface area contributed by atoms with Crippen molar-refractivity contribution in [2.24, 2.45) is 0 Å². The normalized spacial score (nSPS) is 12.4. The lowest BCUT2D eigenvalue weighted by Gasteiger charge is -2.25. The van der Waals surface area contributed by atoms with Gasteiger partial charge in [-0.2, -0.15) is 0 Å². The van der Waals surface area contributed by atoms with Crippen molar-refractivity contribution < 1.29 is 14.9 Å². The zero-order chi connectivity index (χ0) is 18.2. The van der Waals surface area contributed by atoms with Crippen LogP contribution < -0.4 is 4.74 Å². The number of rotatable bonds is 9. The van der Waals surface area contributed by atoms with Gasteiger partial charge in [-0.3, -0.25) is 4.90 Å². The van der Waals surface area contributed by atoms with Gasteiger partial charge in [0.15, 0.2) is 0 Å². The summed E-state index contributed by atoms with van der Waals surface area (Å²) in [6, 6.07) is 14.2. The Morgan fingerprint density at radius 2 is 1.68 bits per heavy atom. The summed E-state index contributed by atoms with van der Waals surface area (Å²) in [6.07, 6.45) is -0.616. The van der Waals surface area contributed by atoms with Gasteiger partial charge in [0.25, 0.3) is 0 Å². The highest BCUT2D eigenvalue weighted by Crippen LogP contribution is 2.25. The Kier molecular flexibility index (Phi) is 7.44. The van der Waals surface area contributed by atoms with E-state index in [9.17, 15) is 10.2 Å². The minimum atomic E-state index is -0.616. The van der Waals surface area contributed by atoms with E-state index in [1.54, 1.807) is 0 Å². The van der Waals surface area contributed by atoms with Crippen LogP contribution >= 0.6 is 0 Å². The number of hydrogen-bond donors (Lipinski definition) is 2. The molecule has 4 heteroatoms. The van der Waals surface area contributed by atoms with Crippen LogP contribution in [0.3, 0.4) is 0 Å². The van der Waals surface area contributed by atoms with E-state index in [0.29, 0.717) is 19.6 Å². The summed E-state index contributed by atoms with van der Waals surface area (Å²) < 4.78 is 5.90. The van der Waals surface area contributed by atoms with Gasteiger partial charge in [0.1, 0.15) is 18.5 Å². The monoisotopic (exact) mass is 343 g/mol. The summed E-state index contributed by atoms with van der Waals surface area (Å²) >= 11 is 0. The van der Waals surface area contributed by atoms with E-state index >= 15 is 0 Å². The van der Waals surface area contributed by atoms with Gasteiger partial charge in [0.05, 0.1) is 6.61 Å². The van der Waals surface area contributed by atoms with Gasteiger partial charge in [-0.25, -0.2) is 0 Å². The fourth-order valence-corrected chi connectivity index (χ4v) is 2.90. The van der Waals surface area contributed by atoms with Crippen LogP contribution in [0.15, 0.2) is 42.5 Å². The molecule has 2 N–H and O–H groups in total. The third kappa shape index (κ3) is 5.85. The Morgan fingerprint density at radius 1 is 1.00 bits per heavy atom. The van der Waals surface area contributed by atoms with Crippen LogP contribution in [0.5, 0.6) is 5.75 Å². The fraction of sp³-hybridized carbons (Fsp3) is 0.429. The number of nitrogens with zero attached hydrogens (tertiary/aromatic N) is 1. The Morgan fingerprint density at radius 3 is 2.36 bits per heavy atom. The van der Waals surface area contributed by atoms with E-state index in [1.165, 1.54) is 5.56 Å². The summed E-state index contributed by atoms with van der Waals surface area (Å²) in [5.74, 6) is 0.857. The lowest BCUT2D eigenvalue weighted by molar-refractivity contribution is 0.0586. The molecule has 0 aliphatic carbocycles. The average molecular weight is 343 g/mol. The first kappa shape index (κ1) is 19.4. The molecular weight excluding hydrogens is 314 g/mol. The zero-order valence-electron chi connectivity index (χ0n) is 15.4. The molecule has 0 fully saturated rings. The molecule has 136 valence electrons. The second kappa shape index (κ2) is 9.56. The van der Waals surface area contributed by atoms with Crippen molar-refractivity contribution in [3.05, 3.63) is 64.7 Å². The Hall–Kier alpha value is -1.88. The minimum Gasteiger partial charge on any atom is -0.490 e. The van der Waals surface area contributed by atoms with E-state index in [1.807, 2.05) is 55.1 Å². The third-order valence-corrected chi connectivity index (χ3v) is 4.43. The largest absolute Gasteiger partial charge is 0.490 e. The van der Waals surface area contributed by atoms with Crippen LogP contribution in [0.1, 0.15) is 22.3 Å². The lowest BCUT2D eigenvalue weighted by Crippen LogP contribution is -2.37. The molecule has 0 amide bonds. The summed E-state index contributed by atoms with van der Waals surface area (Å²) in [5.41, 5.74) is 4.53. The highest BCUT2D eigenvalue weighted by molar-refractivity contribution is 5.44. The number of aliphatic hydroxyl groups excluding tert-OH is 2. The molecule has 2 aromatic carbocycles. The molecule has 4 nitrogen and oxygen atoms in total. The van der Waals surface area contributed by atoms with E-state index in [-0.39, 0.29) is 13.2 Å². The van der Waals surface area contributed by atoms with Crippen LogP contribution in [0, 0.1) is 20.8 Å². The minimum absolute atomic E-state index is 0.0660. The van der Waals surface area contributed by atoms with E-state index < -0.39 is 6.10 Å². The molecule has 0 heterocycles. The van der Waals surface area contributed by atoms with Gasteiger partial charge in [-0.1, -0.05) is 42.5 Å². The van der Waals surface area contributed by atoms with Crippen LogP contribution in [-0.2, 0) is 6.54 Å². The number of ether oxygens (including phenoxy) is 1. The molecular formula is C21H29NO3. The first-order valence-corrected chi connectivity index (χ1v) is 8.76. The van der Waals surface area contributed by atoms with Gasteiger partial charge in [-0.15, -0.1) is 0 Å². The molecule has 0 spiro atoms. The highest BCUT2D eigenvalue weighted by atomic mass is 16.5. The Bertz CT molecular complexity index is 658. The fourth-order valence-electron chi connectivity index (χ4n) is 2.90. The second-order valence-electron chi connectivity index (χ2n) is 6.56. The predicted molar refractivity (Wildman–Crippen MR) is 101 cm³/mol. The van der Waals surface area contributed by atoms with Crippen molar-refractivity contribution in [3.63, 3.8) is 0 Å². The number of hydrogen-bond acceptors (Lipinski definition) is 4. The molecule has 0 aliphatic heterocycles. The molecule has 0 radical (unpaired) electrons. The van der Waals surface area contributed by atoms with Crippen molar-refractivity contribution in [2.45, 2.75) is 33.4 Å². The van der Waals surface area contributed by atoms with Crippen molar-refractivity contribution in [2.75, 3.05) is 26.3 Å². The number of aryl methyl sites for hydroxylation is 2. The summed E-state index contributed by atoms with van der Waals surface area (Å²) in [6.45, 7) is 8.09. The molecule has 2 aromatic rings. The van der Waals surface area contributed by atoms with E-state index in [2.05, 4.69) is 13.0 Å². The molecule has 2 rings (SSSR count). The van der Waals surface area contributed by atoms with Crippen molar-refractivity contribution in [3.8, 4) is 5.75 Å². The van der Waals surface area contributed by atoms with Gasteiger partial charge >= 0.3 is 0 Å². The molecule has 1 unspecified atom stereocenters. The maximum Gasteiger partial charge on any atom is 0.125 e. The molecule has 25 heavy (non-hydrogen) atoms. The van der Waals surface area contributed by atoms with Gasteiger partial charge < -0.3 is 14.9 Å². The van der Waals surface area contributed by atoms with Crippen molar-refractivity contribution in [1.82, 2.24) is 4.90 Å². The molecule has 0 bridgehead atoms. The maximum atomic E-state index is 10.4. The van der Waals surface area contributed by atoms with Gasteiger partial charge in [-0.05, 0) is 43.0 Å².